The third kappa shape index (κ3) is 2.94. The Balaban J connectivity index is 2.11. The maximum absolute atomic E-state index is 8.35. The molecule has 0 spiro atoms. The van der Waals surface area contributed by atoms with Gasteiger partial charge < -0.3 is 0 Å². The van der Waals surface area contributed by atoms with Crippen molar-refractivity contribution < 1.29 is 5.48 Å². The number of aryl methyl sites for hydroxylation is 1. The van der Waals surface area contributed by atoms with Gasteiger partial charge in [-0.05, 0) is 47.1 Å². The highest BCUT2D eigenvalue weighted by Gasteiger charge is 2.08. The van der Waals surface area contributed by atoms with Gasteiger partial charge >= 0.3 is 0 Å². The van der Waals surface area contributed by atoms with Crippen LogP contribution in [-0.4, -0.2) is 4.98 Å². The zero-order valence-electron chi connectivity index (χ0n) is 16.8. The van der Waals surface area contributed by atoms with E-state index in [4.69, 9.17) is 5.48 Å². The molecule has 0 aliphatic heterocycles. The Kier molecular flexibility index (Phi) is 2.89. The molecule has 0 N–H and O–H groups in total. The Morgan fingerprint density at radius 3 is 2.36 bits per heavy atom. The Labute approximate surface area is 138 Å². The Hall–Kier alpha value is -2.41. The van der Waals surface area contributed by atoms with Crippen molar-refractivity contribution in [3.05, 3.63) is 78.0 Å². The predicted molar refractivity (Wildman–Crippen MR) is 93.9 cm³/mol. The highest BCUT2D eigenvalue weighted by atomic mass is 14.7. The van der Waals surface area contributed by atoms with Crippen molar-refractivity contribution in [1.82, 2.24) is 4.98 Å². The van der Waals surface area contributed by atoms with E-state index in [1.165, 1.54) is 6.20 Å². The second-order valence-corrected chi connectivity index (χ2v) is 5.56. The molecule has 110 valence electrons. The average Bonchev–Trinajstić information content (AvgIpc) is 2.60. The summed E-state index contributed by atoms with van der Waals surface area (Å²) in [6.07, 6.45) is 1.39. The van der Waals surface area contributed by atoms with Crippen LogP contribution in [0.5, 0.6) is 0 Å². The lowest BCUT2D eigenvalue weighted by molar-refractivity contribution is 0.852. The van der Waals surface area contributed by atoms with Crippen LogP contribution in [0.1, 0.15) is 36.4 Å². The van der Waals surface area contributed by atoms with E-state index in [1.54, 1.807) is 19.9 Å². The lowest BCUT2D eigenvalue weighted by atomic mass is 9.96. The molecule has 22 heavy (non-hydrogen) atoms. The van der Waals surface area contributed by atoms with Gasteiger partial charge in [0.1, 0.15) is 0 Å². The second kappa shape index (κ2) is 6.15. The molecule has 0 unspecified atom stereocenters. The monoisotopic (exact) mass is 291 g/mol. The minimum Gasteiger partial charge on any atom is -0.256 e. The second-order valence-electron chi connectivity index (χ2n) is 5.56. The van der Waals surface area contributed by atoms with Crippen molar-refractivity contribution in [3.63, 3.8) is 0 Å². The molecule has 0 aliphatic rings. The highest BCUT2D eigenvalue weighted by molar-refractivity contribution is 5.71. The first-order chi connectivity index (χ1) is 12.2. The van der Waals surface area contributed by atoms with Gasteiger partial charge in [0.15, 0.2) is 0 Å². The quantitative estimate of drug-likeness (QED) is 0.590. The van der Waals surface area contributed by atoms with Crippen molar-refractivity contribution in [1.29, 1.82) is 0 Å². The van der Waals surface area contributed by atoms with Crippen molar-refractivity contribution in [2.24, 2.45) is 0 Å². The van der Waals surface area contributed by atoms with Crippen LogP contribution >= 0.6 is 0 Å². The molecular formula is C21H21N. The maximum atomic E-state index is 8.35. The molecule has 0 atom stereocenters. The topological polar surface area (TPSA) is 12.9 Å². The van der Waals surface area contributed by atoms with E-state index >= 15 is 0 Å². The number of hydrogen-bond acceptors (Lipinski definition) is 1. The molecule has 3 rings (SSSR count). The van der Waals surface area contributed by atoms with E-state index in [9.17, 15) is 0 Å². The highest BCUT2D eigenvalue weighted by Crippen LogP contribution is 2.28. The van der Waals surface area contributed by atoms with Crippen LogP contribution in [0.25, 0.3) is 22.4 Å². The Bertz CT molecular complexity index is 909. The molecule has 1 heterocycles. The lowest BCUT2D eigenvalue weighted by Crippen LogP contribution is -1.95. The van der Waals surface area contributed by atoms with Gasteiger partial charge in [0.25, 0.3) is 0 Å². The molecule has 0 bridgehead atoms. The fourth-order valence-corrected chi connectivity index (χ4v) is 2.52. The van der Waals surface area contributed by atoms with Gasteiger partial charge in [-0.2, -0.15) is 0 Å². The molecule has 0 aliphatic carbocycles. The van der Waals surface area contributed by atoms with Gasteiger partial charge in [-0.15, -0.1) is 0 Å². The zero-order valence-corrected chi connectivity index (χ0v) is 12.8. The molecule has 3 aromatic rings. The van der Waals surface area contributed by atoms with Crippen molar-refractivity contribution in [2.75, 3.05) is 0 Å². The van der Waals surface area contributed by atoms with Crippen LogP contribution in [0.2, 0.25) is 0 Å². The zero-order chi connectivity index (χ0) is 18.9. The summed E-state index contributed by atoms with van der Waals surface area (Å²) in [5.41, 5.74) is 4.36. The van der Waals surface area contributed by atoms with Crippen LogP contribution in [0.3, 0.4) is 0 Å². The van der Waals surface area contributed by atoms with Crippen molar-refractivity contribution in [2.45, 2.75) is 26.6 Å². The molecule has 2 aromatic carbocycles. The molecule has 1 aromatic heterocycles. The van der Waals surface area contributed by atoms with Gasteiger partial charge in [-0.3, -0.25) is 4.98 Å². The number of hydrogen-bond donors (Lipinski definition) is 0. The van der Waals surface area contributed by atoms with Crippen LogP contribution < -0.4 is 0 Å². The van der Waals surface area contributed by atoms with Gasteiger partial charge in [0, 0.05) is 17.2 Å². The van der Waals surface area contributed by atoms with E-state index in [0.29, 0.717) is 11.3 Å². The fourth-order valence-electron chi connectivity index (χ4n) is 2.52. The lowest BCUT2D eigenvalue weighted by Gasteiger charge is -2.12. The maximum Gasteiger partial charge on any atom is 0.0705 e. The third-order valence-electron chi connectivity index (χ3n) is 3.71. The van der Waals surface area contributed by atoms with Crippen LogP contribution in [0, 0.1) is 6.85 Å². The Morgan fingerprint density at radius 2 is 1.64 bits per heavy atom. The first kappa shape index (κ1) is 10.3. The molecule has 0 fully saturated rings. The molecule has 0 saturated carbocycles. The van der Waals surface area contributed by atoms with Crippen LogP contribution in [0.4, 0.5) is 0 Å². The van der Waals surface area contributed by atoms with E-state index in [-0.39, 0.29) is 5.56 Å². The van der Waals surface area contributed by atoms with Gasteiger partial charge in [0.05, 0.1) is 5.69 Å². The molecule has 0 amide bonds. The van der Waals surface area contributed by atoms with E-state index in [2.05, 4.69) is 4.98 Å². The summed E-state index contributed by atoms with van der Waals surface area (Å²) in [4.78, 5) is 4.38. The summed E-state index contributed by atoms with van der Waals surface area (Å²) >= 11 is 0. The van der Waals surface area contributed by atoms with Gasteiger partial charge in [-0.1, -0.05) is 62.4 Å². The normalized spacial score (nSPS) is 14.6. The minimum atomic E-state index is -2.29. The Morgan fingerprint density at radius 1 is 0.909 bits per heavy atom. The SMILES string of the molecule is [2H]C([2H])([2H])c1cnc(-c2cccc(-c3ccccc3)c2)cc1C([2H])(C)C. The minimum absolute atomic E-state index is 0.139. The summed E-state index contributed by atoms with van der Waals surface area (Å²) < 4.78 is 31.5. The first-order valence-corrected chi connectivity index (χ1v) is 7.33. The van der Waals surface area contributed by atoms with E-state index in [1.807, 2.05) is 54.6 Å². The van der Waals surface area contributed by atoms with Crippen LogP contribution in [0.15, 0.2) is 66.9 Å². The number of nitrogens with zero attached hydrogens (tertiary/aromatic N) is 1. The third-order valence-corrected chi connectivity index (χ3v) is 3.71. The standard InChI is InChI=1S/C21H21N/c1-15(2)20-13-21(22-14-16(20)3)19-11-7-10-18(12-19)17-8-5-4-6-9-17/h4-15H,1-3H3/i3D3,15D. The van der Waals surface area contributed by atoms with Gasteiger partial charge in [0.2, 0.25) is 0 Å². The van der Waals surface area contributed by atoms with Gasteiger partial charge in [-0.25, -0.2) is 0 Å². The summed E-state index contributed by atoms with van der Waals surface area (Å²) in [6, 6.07) is 19.8. The molecular weight excluding hydrogens is 266 g/mol. The summed E-state index contributed by atoms with van der Waals surface area (Å²) in [5.74, 6) is -1.03. The largest absolute Gasteiger partial charge is 0.256 e. The molecule has 1 heteroatoms. The first-order valence-electron chi connectivity index (χ1n) is 9.33. The van der Waals surface area contributed by atoms with Crippen molar-refractivity contribution in [3.8, 4) is 22.4 Å². The van der Waals surface area contributed by atoms with E-state index < -0.39 is 12.7 Å². The number of benzene rings is 2. The van der Waals surface area contributed by atoms with Crippen molar-refractivity contribution >= 4 is 0 Å². The summed E-state index contributed by atoms with van der Waals surface area (Å²) in [6.45, 7) is 1.11. The number of rotatable bonds is 3. The number of pyridine rings is 1. The predicted octanol–water partition coefficient (Wildman–Crippen LogP) is 5.85. The van der Waals surface area contributed by atoms with E-state index in [0.717, 1.165) is 16.7 Å². The summed E-state index contributed by atoms with van der Waals surface area (Å²) in [7, 11) is 0. The molecule has 0 saturated heterocycles. The smallest absolute Gasteiger partial charge is 0.0705 e. The average molecular weight is 291 g/mol. The van der Waals surface area contributed by atoms with Crippen LogP contribution in [-0.2, 0) is 0 Å². The molecule has 0 radical (unpaired) electrons. The number of aromatic nitrogens is 1. The summed E-state index contributed by atoms with van der Waals surface area (Å²) in [5, 5.41) is 0. The molecule has 1 nitrogen and oxygen atoms in total. The fraction of sp³-hybridized carbons (Fsp3) is 0.190.